The third-order valence-electron chi connectivity index (χ3n) is 2.18. The molecule has 68 valence electrons. The molecule has 2 rings (SSSR count). The van der Waals surface area contributed by atoms with E-state index in [0.717, 1.165) is 18.5 Å². The highest BCUT2D eigenvalue weighted by atomic mass is 16.4. The summed E-state index contributed by atoms with van der Waals surface area (Å²) in [5.41, 5.74) is 1.50. The predicted octanol–water partition coefficient (Wildman–Crippen LogP) is 1.06. The summed E-state index contributed by atoms with van der Waals surface area (Å²) in [5, 5.41) is 21.1. The molecule has 4 heteroatoms. The summed E-state index contributed by atoms with van der Waals surface area (Å²) in [7, 11) is 0. The van der Waals surface area contributed by atoms with Crippen molar-refractivity contribution in [3.8, 4) is 5.75 Å². The molecule has 1 heterocycles. The molecule has 1 aliphatic heterocycles. The Bertz CT molecular complexity index is 373. The number of carboxylic acids is 1. The van der Waals surface area contributed by atoms with Crippen molar-refractivity contribution in [3.05, 3.63) is 23.3 Å². The maximum absolute atomic E-state index is 10.8. The van der Waals surface area contributed by atoms with Crippen LogP contribution in [-0.4, -0.2) is 22.7 Å². The number of fused-ring (bicyclic) bond motifs is 1. The topological polar surface area (TPSA) is 69.6 Å². The van der Waals surface area contributed by atoms with Crippen LogP contribution in [0, 0.1) is 0 Å². The van der Waals surface area contributed by atoms with Crippen molar-refractivity contribution in [2.45, 2.75) is 6.42 Å². The highest BCUT2D eigenvalue weighted by molar-refractivity contribution is 5.98. The van der Waals surface area contributed by atoms with Crippen LogP contribution in [0.3, 0.4) is 0 Å². The van der Waals surface area contributed by atoms with Gasteiger partial charge in [-0.15, -0.1) is 0 Å². The number of aromatic hydroxyl groups is 1. The van der Waals surface area contributed by atoms with Gasteiger partial charge in [-0.3, -0.25) is 0 Å². The molecule has 0 aromatic heterocycles. The zero-order valence-corrected chi connectivity index (χ0v) is 6.87. The molecule has 0 aliphatic carbocycles. The SMILES string of the molecule is O=C(O)c1c(O)ccc2c1NCC2. The Morgan fingerprint density at radius 3 is 2.92 bits per heavy atom. The molecule has 4 nitrogen and oxygen atoms in total. The fourth-order valence-electron chi connectivity index (χ4n) is 1.58. The molecule has 0 atom stereocenters. The van der Waals surface area contributed by atoms with Crippen molar-refractivity contribution in [3.63, 3.8) is 0 Å². The summed E-state index contributed by atoms with van der Waals surface area (Å²) < 4.78 is 0. The van der Waals surface area contributed by atoms with E-state index in [-0.39, 0.29) is 11.3 Å². The lowest BCUT2D eigenvalue weighted by atomic mass is 10.1. The van der Waals surface area contributed by atoms with E-state index in [0.29, 0.717) is 5.69 Å². The van der Waals surface area contributed by atoms with E-state index in [4.69, 9.17) is 5.11 Å². The van der Waals surface area contributed by atoms with Crippen molar-refractivity contribution in [2.75, 3.05) is 11.9 Å². The van der Waals surface area contributed by atoms with E-state index in [1.54, 1.807) is 6.07 Å². The van der Waals surface area contributed by atoms with Crippen LogP contribution >= 0.6 is 0 Å². The third kappa shape index (κ3) is 1.11. The number of anilines is 1. The second-order valence-corrected chi connectivity index (χ2v) is 2.98. The van der Waals surface area contributed by atoms with E-state index >= 15 is 0 Å². The van der Waals surface area contributed by atoms with Gasteiger partial charge in [-0.2, -0.15) is 0 Å². The van der Waals surface area contributed by atoms with Gasteiger partial charge in [0, 0.05) is 6.54 Å². The first-order valence-electron chi connectivity index (χ1n) is 4.02. The van der Waals surface area contributed by atoms with Crippen LogP contribution in [0.4, 0.5) is 5.69 Å². The van der Waals surface area contributed by atoms with Crippen LogP contribution in [0.15, 0.2) is 12.1 Å². The zero-order valence-electron chi connectivity index (χ0n) is 6.87. The second kappa shape index (κ2) is 2.65. The smallest absolute Gasteiger partial charge is 0.341 e. The molecular formula is C9H9NO3. The van der Waals surface area contributed by atoms with Crippen molar-refractivity contribution >= 4 is 11.7 Å². The second-order valence-electron chi connectivity index (χ2n) is 2.98. The van der Waals surface area contributed by atoms with Gasteiger partial charge in [0.05, 0.1) is 5.69 Å². The van der Waals surface area contributed by atoms with E-state index < -0.39 is 5.97 Å². The van der Waals surface area contributed by atoms with Gasteiger partial charge in [0.2, 0.25) is 0 Å². The zero-order chi connectivity index (χ0) is 9.42. The van der Waals surface area contributed by atoms with Gasteiger partial charge >= 0.3 is 5.97 Å². The first kappa shape index (κ1) is 7.91. The standard InChI is InChI=1S/C9H9NO3/c11-6-2-1-5-3-4-10-8(5)7(6)9(12)13/h1-2,10-11H,3-4H2,(H,12,13). The maximum Gasteiger partial charge on any atom is 0.341 e. The Morgan fingerprint density at radius 2 is 2.23 bits per heavy atom. The van der Waals surface area contributed by atoms with Crippen LogP contribution in [0.25, 0.3) is 0 Å². The number of rotatable bonds is 1. The molecule has 0 amide bonds. The first-order chi connectivity index (χ1) is 6.20. The molecular weight excluding hydrogens is 170 g/mol. The van der Waals surface area contributed by atoms with E-state index in [1.165, 1.54) is 6.07 Å². The molecule has 3 N–H and O–H groups in total. The molecule has 1 aliphatic rings. The quantitative estimate of drug-likeness (QED) is 0.602. The molecule has 13 heavy (non-hydrogen) atoms. The van der Waals surface area contributed by atoms with Crippen molar-refractivity contribution < 1.29 is 15.0 Å². The molecule has 0 bridgehead atoms. The number of benzene rings is 1. The first-order valence-corrected chi connectivity index (χ1v) is 4.02. The number of phenols is 1. The van der Waals surface area contributed by atoms with E-state index in [9.17, 15) is 9.90 Å². The lowest BCUT2D eigenvalue weighted by Crippen LogP contribution is -2.02. The molecule has 0 saturated carbocycles. The fourth-order valence-corrected chi connectivity index (χ4v) is 1.58. The number of aromatic carboxylic acids is 1. The molecule has 0 unspecified atom stereocenters. The average molecular weight is 179 g/mol. The van der Waals surface area contributed by atoms with Gasteiger partial charge in [-0.05, 0) is 18.1 Å². The molecule has 0 radical (unpaired) electrons. The molecule has 0 spiro atoms. The molecule has 0 fully saturated rings. The Balaban J connectivity index is 2.65. The number of hydrogen-bond acceptors (Lipinski definition) is 3. The maximum atomic E-state index is 10.8. The largest absolute Gasteiger partial charge is 0.507 e. The minimum absolute atomic E-state index is 0.0185. The van der Waals surface area contributed by atoms with Gasteiger partial charge in [-0.25, -0.2) is 4.79 Å². The van der Waals surface area contributed by atoms with Crippen molar-refractivity contribution in [1.82, 2.24) is 0 Å². The fraction of sp³-hybridized carbons (Fsp3) is 0.222. The Morgan fingerprint density at radius 1 is 1.46 bits per heavy atom. The Kier molecular flexibility index (Phi) is 1.62. The van der Waals surface area contributed by atoms with Gasteiger partial charge in [0.25, 0.3) is 0 Å². The summed E-state index contributed by atoms with van der Waals surface area (Å²) in [6.45, 7) is 0.735. The average Bonchev–Trinajstić information content (AvgIpc) is 2.50. The van der Waals surface area contributed by atoms with E-state index in [1.807, 2.05) is 0 Å². The number of carbonyl (C=O) groups is 1. The van der Waals surface area contributed by atoms with Crippen LogP contribution in [0.5, 0.6) is 5.75 Å². The molecule has 0 saturated heterocycles. The summed E-state index contributed by atoms with van der Waals surface area (Å²) >= 11 is 0. The lowest BCUT2D eigenvalue weighted by Gasteiger charge is -2.06. The highest BCUT2D eigenvalue weighted by Gasteiger charge is 2.21. The number of carboxylic acid groups (broad SMARTS) is 1. The van der Waals surface area contributed by atoms with Gasteiger partial charge in [0.1, 0.15) is 11.3 Å². The van der Waals surface area contributed by atoms with Gasteiger partial charge in [0.15, 0.2) is 0 Å². The predicted molar refractivity (Wildman–Crippen MR) is 47.3 cm³/mol. The summed E-state index contributed by atoms with van der Waals surface area (Å²) in [4.78, 5) is 10.8. The van der Waals surface area contributed by atoms with Crippen LogP contribution in [0.2, 0.25) is 0 Å². The van der Waals surface area contributed by atoms with Crippen molar-refractivity contribution in [2.24, 2.45) is 0 Å². The van der Waals surface area contributed by atoms with Gasteiger partial charge in [-0.1, -0.05) is 6.07 Å². The molecule has 1 aromatic rings. The summed E-state index contributed by atoms with van der Waals surface area (Å²) in [5.74, 6) is -1.27. The third-order valence-corrected chi connectivity index (χ3v) is 2.18. The highest BCUT2D eigenvalue weighted by Crippen LogP contribution is 2.32. The van der Waals surface area contributed by atoms with Crippen LogP contribution < -0.4 is 5.32 Å². The lowest BCUT2D eigenvalue weighted by molar-refractivity contribution is 0.0695. The summed E-state index contributed by atoms with van der Waals surface area (Å²) in [6.07, 6.45) is 0.815. The monoisotopic (exact) mass is 179 g/mol. The molecule has 1 aromatic carbocycles. The minimum Gasteiger partial charge on any atom is -0.507 e. The normalized spacial score (nSPS) is 13.5. The van der Waals surface area contributed by atoms with E-state index in [2.05, 4.69) is 5.32 Å². The van der Waals surface area contributed by atoms with Gasteiger partial charge < -0.3 is 15.5 Å². The number of hydrogen-bond donors (Lipinski definition) is 3. The summed E-state index contributed by atoms with van der Waals surface area (Å²) in [6, 6.07) is 3.17. The van der Waals surface area contributed by atoms with Crippen molar-refractivity contribution in [1.29, 1.82) is 0 Å². The van der Waals surface area contributed by atoms with Crippen LogP contribution in [-0.2, 0) is 6.42 Å². The van der Waals surface area contributed by atoms with Crippen LogP contribution in [0.1, 0.15) is 15.9 Å². The number of nitrogens with one attached hydrogen (secondary N) is 1. The Hall–Kier alpha value is -1.71. The Labute approximate surface area is 74.8 Å². The minimum atomic E-state index is -1.09.